The van der Waals surface area contributed by atoms with E-state index in [1.807, 2.05) is 42.5 Å². The van der Waals surface area contributed by atoms with Crippen LogP contribution < -0.4 is 5.32 Å². The molecule has 0 bridgehead atoms. The number of amides is 1. The molecule has 0 atom stereocenters. The third kappa shape index (κ3) is 4.24. The number of rotatable bonds is 5. The Bertz CT molecular complexity index is 1190. The van der Waals surface area contributed by atoms with E-state index >= 15 is 0 Å². The van der Waals surface area contributed by atoms with Crippen molar-refractivity contribution in [2.24, 2.45) is 0 Å². The molecule has 160 valence electrons. The van der Waals surface area contributed by atoms with E-state index < -0.39 is 0 Å². The highest BCUT2D eigenvalue weighted by Crippen LogP contribution is 2.33. The zero-order valence-corrected chi connectivity index (χ0v) is 18.3. The topological polar surface area (TPSA) is 34.0 Å². The molecule has 5 rings (SSSR count). The highest BCUT2D eigenvalue weighted by Gasteiger charge is 2.19. The fourth-order valence-electron chi connectivity index (χ4n) is 4.63. The first kappa shape index (κ1) is 20.3. The molecule has 1 aromatic heterocycles. The number of carbonyl (C=O) groups is 1. The molecular formula is C29H28N2O. The van der Waals surface area contributed by atoms with Crippen molar-refractivity contribution in [2.45, 2.75) is 38.6 Å². The molecule has 3 heteroatoms. The number of hydrogen-bond donors (Lipinski definition) is 1. The van der Waals surface area contributed by atoms with E-state index in [1.165, 1.54) is 41.8 Å². The van der Waals surface area contributed by atoms with Gasteiger partial charge in [0.05, 0.1) is 5.69 Å². The minimum atomic E-state index is -0.0463. The Morgan fingerprint density at radius 2 is 1.47 bits per heavy atom. The number of fused-ring (bicyclic) bond motifs is 1. The maximum absolute atomic E-state index is 12.7. The number of aryl methyl sites for hydroxylation is 1. The molecule has 4 aromatic rings. The predicted molar refractivity (Wildman–Crippen MR) is 130 cm³/mol. The van der Waals surface area contributed by atoms with Gasteiger partial charge in [0, 0.05) is 23.5 Å². The third-order valence-corrected chi connectivity index (χ3v) is 6.31. The van der Waals surface area contributed by atoms with E-state index in [2.05, 4.69) is 58.4 Å². The molecule has 1 amide bonds. The lowest BCUT2D eigenvalue weighted by atomic mass is 10.1. The van der Waals surface area contributed by atoms with Gasteiger partial charge in [-0.25, -0.2) is 0 Å². The van der Waals surface area contributed by atoms with Crippen LogP contribution in [0.25, 0.3) is 16.9 Å². The summed E-state index contributed by atoms with van der Waals surface area (Å²) in [5.74, 6) is -0.0463. The second-order valence-electron chi connectivity index (χ2n) is 8.48. The largest absolute Gasteiger partial charge is 0.348 e. The lowest BCUT2D eigenvalue weighted by molar-refractivity contribution is 0.0951. The van der Waals surface area contributed by atoms with Gasteiger partial charge in [-0.1, -0.05) is 67.1 Å². The van der Waals surface area contributed by atoms with E-state index in [4.69, 9.17) is 0 Å². The summed E-state index contributed by atoms with van der Waals surface area (Å²) in [6.45, 7) is 0.532. The Kier molecular flexibility index (Phi) is 5.89. The zero-order chi connectivity index (χ0) is 21.8. The number of nitrogens with one attached hydrogen (secondary N) is 1. The van der Waals surface area contributed by atoms with Gasteiger partial charge in [-0.2, -0.15) is 0 Å². The SMILES string of the molecule is O=C(NCc1ccccc1)c1ccc(-n2c(-c3ccccc3)cc3c2CCCCC3)cc1. The van der Waals surface area contributed by atoms with Crippen LogP contribution in [0.2, 0.25) is 0 Å². The van der Waals surface area contributed by atoms with E-state index in [-0.39, 0.29) is 5.91 Å². The van der Waals surface area contributed by atoms with Crippen molar-refractivity contribution in [3.8, 4) is 16.9 Å². The van der Waals surface area contributed by atoms with Gasteiger partial charge in [0.1, 0.15) is 0 Å². The molecule has 3 aromatic carbocycles. The molecule has 32 heavy (non-hydrogen) atoms. The molecule has 3 nitrogen and oxygen atoms in total. The van der Waals surface area contributed by atoms with Crippen molar-refractivity contribution in [2.75, 3.05) is 0 Å². The summed E-state index contributed by atoms with van der Waals surface area (Å²) in [7, 11) is 0. The van der Waals surface area contributed by atoms with Crippen LogP contribution in [-0.2, 0) is 19.4 Å². The number of benzene rings is 3. The average Bonchev–Trinajstić information content (AvgIpc) is 3.06. The third-order valence-electron chi connectivity index (χ3n) is 6.31. The Hall–Kier alpha value is -3.59. The molecule has 0 fully saturated rings. The molecule has 0 spiro atoms. The standard InChI is InChI=1S/C29H28N2O/c32-29(30-21-22-10-4-1-5-11-22)24-16-18-26(19-17-24)31-27-15-9-3-8-14-25(27)20-28(31)23-12-6-2-7-13-23/h1-2,4-7,10-13,16-20H,3,8-9,14-15,21H2,(H,30,32). The zero-order valence-electron chi connectivity index (χ0n) is 18.3. The molecule has 1 N–H and O–H groups in total. The minimum absolute atomic E-state index is 0.0463. The Labute approximate surface area is 189 Å². The van der Waals surface area contributed by atoms with Crippen molar-refractivity contribution in [1.29, 1.82) is 0 Å². The first-order valence-electron chi connectivity index (χ1n) is 11.5. The van der Waals surface area contributed by atoms with Crippen molar-refractivity contribution < 1.29 is 4.79 Å². The van der Waals surface area contributed by atoms with Gasteiger partial charge in [-0.15, -0.1) is 0 Å². The molecule has 0 saturated carbocycles. The van der Waals surface area contributed by atoms with Gasteiger partial charge >= 0.3 is 0 Å². The minimum Gasteiger partial charge on any atom is -0.348 e. The smallest absolute Gasteiger partial charge is 0.251 e. The summed E-state index contributed by atoms with van der Waals surface area (Å²) in [6, 6.07) is 31.0. The Balaban J connectivity index is 1.44. The van der Waals surface area contributed by atoms with E-state index in [0.717, 1.165) is 24.1 Å². The summed E-state index contributed by atoms with van der Waals surface area (Å²) in [6.07, 6.45) is 6.01. The fraction of sp³-hybridized carbons (Fsp3) is 0.207. The Morgan fingerprint density at radius 3 is 2.22 bits per heavy atom. The maximum Gasteiger partial charge on any atom is 0.251 e. The van der Waals surface area contributed by atoms with Gasteiger partial charge in [0.15, 0.2) is 0 Å². The average molecular weight is 421 g/mol. The van der Waals surface area contributed by atoms with Crippen LogP contribution in [0.1, 0.15) is 46.4 Å². The second kappa shape index (κ2) is 9.27. The summed E-state index contributed by atoms with van der Waals surface area (Å²) >= 11 is 0. The van der Waals surface area contributed by atoms with Crippen LogP contribution in [0.5, 0.6) is 0 Å². The van der Waals surface area contributed by atoms with Gasteiger partial charge in [0.25, 0.3) is 5.91 Å². The van der Waals surface area contributed by atoms with Crippen LogP contribution >= 0.6 is 0 Å². The van der Waals surface area contributed by atoms with E-state index in [9.17, 15) is 4.79 Å². The van der Waals surface area contributed by atoms with E-state index in [1.54, 1.807) is 0 Å². The number of nitrogens with zero attached hydrogens (tertiary/aromatic N) is 1. The molecule has 1 aliphatic carbocycles. The quantitative estimate of drug-likeness (QED) is 0.375. The molecule has 0 aliphatic heterocycles. The van der Waals surface area contributed by atoms with Gasteiger partial charge in [0.2, 0.25) is 0 Å². The number of aromatic nitrogens is 1. The summed E-state index contributed by atoms with van der Waals surface area (Å²) in [4.78, 5) is 12.7. The van der Waals surface area contributed by atoms with Gasteiger partial charge in [-0.05, 0) is 72.7 Å². The molecule has 1 heterocycles. The second-order valence-corrected chi connectivity index (χ2v) is 8.48. The van der Waals surface area contributed by atoms with Gasteiger partial charge < -0.3 is 9.88 Å². The first-order chi connectivity index (χ1) is 15.8. The summed E-state index contributed by atoms with van der Waals surface area (Å²) in [5.41, 5.74) is 8.24. The summed E-state index contributed by atoms with van der Waals surface area (Å²) < 4.78 is 2.40. The maximum atomic E-state index is 12.7. The highest BCUT2D eigenvalue weighted by molar-refractivity contribution is 5.94. The Morgan fingerprint density at radius 1 is 0.781 bits per heavy atom. The molecule has 0 saturated heterocycles. The first-order valence-corrected chi connectivity index (χ1v) is 11.5. The summed E-state index contributed by atoms with van der Waals surface area (Å²) in [5, 5.41) is 3.02. The molecule has 0 unspecified atom stereocenters. The number of carbonyl (C=O) groups excluding carboxylic acids is 1. The van der Waals surface area contributed by atoms with Crippen LogP contribution in [0.15, 0.2) is 91.0 Å². The lowest BCUT2D eigenvalue weighted by Gasteiger charge is -2.15. The van der Waals surface area contributed by atoms with Crippen molar-refractivity contribution in [3.63, 3.8) is 0 Å². The van der Waals surface area contributed by atoms with Crippen molar-refractivity contribution >= 4 is 5.91 Å². The van der Waals surface area contributed by atoms with Crippen molar-refractivity contribution in [1.82, 2.24) is 9.88 Å². The molecule has 1 aliphatic rings. The molecular weight excluding hydrogens is 392 g/mol. The van der Waals surface area contributed by atoms with Crippen LogP contribution in [-0.4, -0.2) is 10.5 Å². The van der Waals surface area contributed by atoms with Crippen LogP contribution in [0, 0.1) is 0 Å². The van der Waals surface area contributed by atoms with Gasteiger partial charge in [-0.3, -0.25) is 4.79 Å². The highest BCUT2D eigenvalue weighted by atomic mass is 16.1. The monoisotopic (exact) mass is 420 g/mol. The fourth-order valence-corrected chi connectivity index (χ4v) is 4.63. The predicted octanol–water partition coefficient (Wildman–Crippen LogP) is 6.34. The van der Waals surface area contributed by atoms with Crippen molar-refractivity contribution in [3.05, 3.63) is 113 Å². The number of hydrogen-bond acceptors (Lipinski definition) is 1. The van der Waals surface area contributed by atoms with E-state index in [0.29, 0.717) is 12.1 Å². The molecule has 0 radical (unpaired) electrons. The van der Waals surface area contributed by atoms with Crippen LogP contribution in [0.3, 0.4) is 0 Å². The van der Waals surface area contributed by atoms with Crippen LogP contribution in [0.4, 0.5) is 0 Å². The normalized spacial score (nSPS) is 13.2. The lowest BCUT2D eigenvalue weighted by Crippen LogP contribution is -2.22.